The summed E-state index contributed by atoms with van der Waals surface area (Å²) < 4.78 is 0. The predicted molar refractivity (Wildman–Crippen MR) is 96.0 cm³/mol. The van der Waals surface area contributed by atoms with Crippen molar-refractivity contribution in [2.45, 2.75) is 19.8 Å². The average Bonchev–Trinajstić information content (AvgIpc) is 3.09. The topological polar surface area (TPSA) is 91.8 Å². The van der Waals surface area contributed by atoms with Crippen LogP contribution in [0.1, 0.15) is 47.3 Å². The van der Waals surface area contributed by atoms with Gasteiger partial charge in [0.2, 0.25) is 0 Å². The molecule has 0 radical (unpaired) electrons. The lowest BCUT2D eigenvalue weighted by atomic mass is 10.1. The number of imidazole rings is 1. The highest BCUT2D eigenvalue weighted by atomic mass is 16.4. The molecule has 0 aliphatic heterocycles. The van der Waals surface area contributed by atoms with Gasteiger partial charge in [-0.1, -0.05) is 44.2 Å². The Hall–Kier alpha value is -3.28. The van der Waals surface area contributed by atoms with Gasteiger partial charge in [0.05, 0.1) is 23.1 Å². The number of carboxylic acids is 1. The number of carboxylic acid groups (broad SMARTS) is 1. The summed E-state index contributed by atoms with van der Waals surface area (Å²) in [6, 6.07) is 9.83. The van der Waals surface area contributed by atoms with Crippen LogP contribution in [-0.4, -0.2) is 31.0 Å². The molecule has 126 valence electrons. The van der Waals surface area contributed by atoms with Gasteiger partial charge in [-0.2, -0.15) is 0 Å². The van der Waals surface area contributed by atoms with Gasteiger partial charge >= 0.3 is 5.97 Å². The van der Waals surface area contributed by atoms with Crippen molar-refractivity contribution in [2.24, 2.45) is 0 Å². The zero-order chi connectivity index (χ0) is 17.8. The van der Waals surface area contributed by atoms with Gasteiger partial charge in [-0.25, -0.2) is 19.7 Å². The van der Waals surface area contributed by atoms with E-state index in [1.165, 1.54) is 6.20 Å². The summed E-state index contributed by atoms with van der Waals surface area (Å²) in [4.78, 5) is 27.3. The number of rotatable bonds is 5. The number of nitrogens with zero attached hydrogens (tertiary/aromatic N) is 3. The smallest absolute Gasteiger partial charge is 0.339 e. The first-order valence-electron chi connectivity index (χ1n) is 7.93. The van der Waals surface area contributed by atoms with Crippen molar-refractivity contribution in [2.75, 3.05) is 0 Å². The Bertz CT molecular complexity index is 914. The number of aromatic carboxylic acids is 1. The van der Waals surface area contributed by atoms with Crippen LogP contribution >= 0.6 is 0 Å². The second-order valence-corrected chi connectivity index (χ2v) is 5.87. The fourth-order valence-electron chi connectivity index (χ4n) is 2.42. The molecule has 0 saturated heterocycles. The van der Waals surface area contributed by atoms with E-state index in [4.69, 9.17) is 0 Å². The molecule has 0 aliphatic carbocycles. The summed E-state index contributed by atoms with van der Waals surface area (Å²) in [7, 11) is 0. The van der Waals surface area contributed by atoms with Crippen LogP contribution < -0.4 is 0 Å². The molecule has 6 nitrogen and oxygen atoms in total. The Morgan fingerprint density at radius 1 is 1.12 bits per heavy atom. The molecule has 1 aromatic carbocycles. The van der Waals surface area contributed by atoms with Crippen molar-refractivity contribution in [3.05, 3.63) is 65.5 Å². The number of H-pyrrole nitrogens is 1. The minimum absolute atomic E-state index is 0.00177. The fraction of sp³-hybridized carbons (Fsp3) is 0.158. The summed E-state index contributed by atoms with van der Waals surface area (Å²) in [6.45, 7) is 3.81. The Morgan fingerprint density at radius 2 is 1.88 bits per heavy atom. The Labute approximate surface area is 145 Å². The van der Waals surface area contributed by atoms with Gasteiger partial charge in [-0.05, 0) is 18.1 Å². The molecule has 3 rings (SSSR count). The summed E-state index contributed by atoms with van der Waals surface area (Å²) in [5.74, 6) is 0.230. The van der Waals surface area contributed by atoms with Gasteiger partial charge in [0.25, 0.3) is 0 Å². The standard InChI is InChI=1S/C19H18N4O2/c1-12(2)17-15(19(24)25)11-20-16(23-17)9-8-14-10-21-18(22-14)13-6-4-3-5-7-13/h3-12H,1-2H3,(H,21,22)(H,24,25)/b9-8+. The number of aromatic nitrogens is 4. The van der Waals surface area contributed by atoms with Crippen molar-refractivity contribution in [3.63, 3.8) is 0 Å². The largest absolute Gasteiger partial charge is 0.478 e. The minimum Gasteiger partial charge on any atom is -0.478 e. The average molecular weight is 334 g/mol. The van der Waals surface area contributed by atoms with Gasteiger partial charge in [0.15, 0.2) is 5.82 Å². The molecule has 0 fully saturated rings. The van der Waals surface area contributed by atoms with E-state index >= 15 is 0 Å². The summed E-state index contributed by atoms with van der Waals surface area (Å²) in [5.41, 5.74) is 2.49. The molecule has 0 spiro atoms. The van der Waals surface area contributed by atoms with Crippen LogP contribution in [-0.2, 0) is 0 Å². The van der Waals surface area contributed by atoms with Gasteiger partial charge in [0.1, 0.15) is 5.82 Å². The number of benzene rings is 1. The van der Waals surface area contributed by atoms with Crippen LogP contribution in [0.4, 0.5) is 0 Å². The molecule has 3 aromatic rings. The van der Waals surface area contributed by atoms with Gasteiger partial charge in [-0.15, -0.1) is 0 Å². The first-order chi connectivity index (χ1) is 12.0. The molecule has 0 saturated carbocycles. The lowest BCUT2D eigenvalue weighted by Gasteiger charge is -2.08. The maximum atomic E-state index is 11.2. The van der Waals surface area contributed by atoms with Gasteiger partial charge in [0, 0.05) is 11.8 Å². The summed E-state index contributed by atoms with van der Waals surface area (Å²) in [5, 5.41) is 9.21. The number of hydrogen-bond donors (Lipinski definition) is 2. The van der Waals surface area contributed by atoms with Crippen molar-refractivity contribution in [3.8, 4) is 11.4 Å². The second kappa shape index (κ2) is 7.09. The van der Waals surface area contributed by atoms with Crippen molar-refractivity contribution in [1.82, 2.24) is 19.9 Å². The third-order valence-electron chi connectivity index (χ3n) is 3.67. The molecular formula is C19H18N4O2. The Balaban J connectivity index is 1.84. The predicted octanol–water partition coefficient (Wildman–Crippen LogP) is 3.86. The van der Waals surface area contributed by atoms with Crippen LogP contribution in [0.3, 0.4) is 0 Å². The molecule has 0 unspecified atom stereocenters. The summed E-state index contributed by atoms with van der Waals surface area (Å²) in [6.07, 6.45) is 6.64. The van der Waals surface area contributed by atoms with Crippen LogP contribution in [0.25, 0.3) is 23.5 Å². The molecule has 25 heavy (non-hydrogen) atoms. The molecule has 0 aliphatic rings. The van der Waals surface area contributed by atoms with E-state index in [1.807, 2.05) is 50.3 Å². The quantitative estimate of drug-likeness (QED) is 0.739. The minimum atomic E-state index is -1.01. The molecule has 0 amide bonds. The van der Waals surface area contributed by atoms with E-state index in [1.54, 1.807) is 12.3 Å². The van der Waals surface area contributed by atoms with E-state index in [2.05, 4.69) is 19.9 Å². The zero-order valence-corrected chi connectivity index (χ0v) is 14.0. The van der Waals surface area contributed by atoms with Crippen molar-refractivity contribution >= 4 is 18.1 Å². The SMILES string of the molecule is CC(C)c1nc(/C=C/c2cnc(-c3ccccc3)[nH]2)ncc1C(=O)O. The number of nitrogens with one attached hydrogen (secondary N) is 1. The highest BCUT2D eigenvalue weighted by Crippen LogP contribution is 2.18. The van der Waals surface area contributed by atoms with Crippen LogP contribution in [0.2, 0.25) is 0 Å². The highest BCUT2D eigenvalue weighted by Gasteiger charge is 2.15. The molecule has 2 heterocycles. The third kappa shape index (κ3) is 3.80. The first kappa shape index (κ1) is 16.6. The molecule has 2 aromatic heterocycles. The van der Waals surface area contributed by atoms with Gasteiger partial charge < -0.3 is 10.1 Å². The van der Waals surface area contributed by atoms with Gasteiger partial charge in [-0.3, -0.25) is 0 Å². The molecular weight excluding hydrogens is 316 g/mol. The van der Waals surface area contributed by atoms with Crippen LogP contribution in [0.15, 0.2) is 42.7 Å². The van der Waals surface area contributed by atoms with E-state index < -0.39 is 5.97 Å². The van der Waals surface area contributed by atoms with Crippen molar-refractivity contribution < 1.29 is 9.90 Å². The normalized spacial score (nSPS) is 11.3. The van der Waals surface area contributed by atoms with Crippen LogP contribution in [0, 0.1) is 0 Å². The van der Waals surface area contributed by atoms with E-state index in [9.17, 15) is 9.90 Å². The fourth-order valence-corrected chi connectivity index (χ4v) is 2.42. The first-order valence-corrected chi connectivity index (χ1v) is 7.93. The van der Waals surface area contributed by atoms with Crippen molar-refractivity contribution in [1.29, 1.82) is 0 Å². The number of aromatic amines is 1. The molecule has 0 atom stereocenters. The number of carbonyl (C=O) groups is 1. The van der Waals surface area contributed by atoms with Crippen LogP contribution in [0.5, 0.6) is 0 Å². The highest BCUT2D eigenvalue weighted by molar-refractivity contribution is 5.88. The Kier molecular flexibility index (Phi) is 4.70. The van der Waals surface area contributed by atoms with E-state index in [-0.39, 0.29) is 11.5 Å². The second-order valence-electron chi connectivity index (χ2n) is 5.87. The van der Waals surface area contributed by atoms with E-state index in [0.29, 0.717) is 11.5 Å². The monoisotopic (exact) mass is 334 g/mol. The Morgan fingerprint density at radius 3 is 2.56 bits per heavy atom. The molecule has 6 heteroatoms. The number of hydrogen-bond acceptors (Lipinski definition) is 4. The third-order valence-corrected chi connectivity index (χ3v) is 3.67. The molecule has 2 N–H and O–H groups in total. The lowest BCUT2D eigenvalue weighted by Crippen LogP contribution is -2.08. The maximum Gasteiger partial charge on any atom is 0.339 e. The maximum absolute atomic E-state index is 11.2. The summed E-state index contributed by atoms with van der Waals surface area (Å²) >= 11 is 0. The zero-order valence-electron chi connectivity index (χ0n) is 14.0. The lowest BCUT2D eigenvalue weighted by molar-refractivity contribution is 0.0694. The molecule has 0 bridgehead atoms. The van der Waals surface area contributed by atoms with E-state index in [0.717, 1.165) is 17.1 Å².